The van der Waals surface area contributed by atoms with E-state index in [4.69, 9.17) is 27.9 Å². The Hall–Kier alpha value is -3.27. The standard InChI is InChI=1S/C29H33Cl2N3O5S/c1-5-27(29(36)32-20(2)3)33(18-24-25(30)12-9-13-26(24)31)28(35)19-34(40(4,37)38)21-14-16-23(17-15-21)39-22-10-7-6-8-11-22/h6-17,20,27H,5,18-19H2,1-4H3,(H,32,36)/t27-/m1/s1. The van der Waals surface area contributed by atoms with E-state index in [0.717, 1.165) is 10.6 Å². The average Bonchev–Trinajstić information content (AvgIpc) is 2.89. The van der Waals surface area contributed by atoms with Gasteiger partial charge in [0.15, 0.2) is 0 Å². The predicted molar refractivity (Wildman–Crippen MR) is 160 cm³/mol. The van der Waals surface area contributed by atoms with Crippen LogP contribution in [0.2, 0.25) is 10.0 Å². The molecule has 1 N–H and O–H groups in total. The van der Waals surface area contributed by atoms with Gasteiger partial charge in [-0.1, -0.05) is 54.4 Å². The Morgan fingerprint density at radius 3 is 2.00 bits per heavy atom. The number of ether oxygens (including phenoxy) is 1. The second-order valence-corrected chi connectivity index (χ2v) is 12.2. The molecule has 3 aromatic carbocycles. The van der Waals surface area contributed by atoms with Gasteiger partial charge in [-0.2, -0.15) is 0 Å². The molecule has 0 heterocycles. The Morgan fingerprint density at radius 1 is 0.900 bits per heavy atom. The summed E-state index contributed by atoms with van der Waals surface area (Å²) in [5.74, 6) is 0.185. The highest BCUT2D eigenvalue weighted by Crippen LogP contribution is 2.29. The third-order valence-corrected chi connectivity index (χ3v) is 7.84. The SMILES string of the molecule is CC[C@H](C(=O)NC(C)C)N(Cc1c(Cl)cccc1Cl)C(=O)CN(c1ccc(Oc2ccccc2)cc1)S(C)(=O)=O. The number of anilines is 1. The molecule has 8 nitrogen and oxygen atoms in total. The van der Waals surface area contributed by atoms with Crippen LogP contribution in [0.1, 0.15) is 32.8 Å². The number of amides is 2. The molecule has 0 aromatic heterocycles. The second-order valence-electron chi connectivity index (χ2n) is 9.49. The number of benzene rings is 3. The van der Waals surface area contributed by atoms with E-state index >= 15 is 0 Å². The van der Waals surface area contributed by atoms with Crippen LogP contribution >= 0.6 is 23.2 Å². The van der Waals surface area contributed by atoms with Gasteiger partial charge in [0, 0.05) is 28.2 Å². The monoisotopic (exact) mass is 605 g/mol. The van der Waals surface area contributed by atoms with Crippen LogP contribution in [0.15, 0.2) is 72.8 Å². The molecule has 214 valence electrons. The summed E-state index contributed by atoms with van der Waals surface area (Å²) < 4.78 is 32.5. The van der Waals surface area contributed by atoms with E-state index in [1.807, 2.05) is 32.0 Å². The molecule has 0 saturated heterocycles. The first-order chi connectivity index (χ1) is 18.9. The molecule has 0 saturated carbocycles. The number of halogens is 2. The predicted octanol–water partition coefficient (Wildman–Crippen LogP) is 5.88. The van der Waals surface area contributed by atoms with Gasteiger partial charge in [0.2, 0.25) is 21.8 Å². The van der Waals surface area contributed by atoms with Crippen LogP contribution in [0.4, 0.5) is 5.69 Å². The number of nitrogens with one attached hydrogen (secondary N) is 1. The van der Waals surface area contributed by atoms with Crippen LogP contribution in [-0.4, -0.2) is 50.0 Å². The molecule has 1 atom stereocenters. The fraction of sp³-hybridized carbons (Fsp3) is 0.310. The first kappa shape index (κ1) is 31.3. The van der Waals surface area contributed by atoms with E-state index in [9.17, 15) is 18.0 Å². The Kier molecular flexibility index (Phi) is 10.8. The third kappa shape index (κ3) is 8.36. The Morgan fingerprint density at radius 2 is 1.48 bits per heavy atom. The summed E-state index contributed by atoms with van der Waals surface area (Å²) >= 11 is 12.8. The lowest BCUT2D eigenvalue weighted by molar-refractivity contribution is -0.140. The molecule has 3 aromatic rings. The van der Waals surface area contributed by atoms with E-state index in [1.54, 1.807) is 61.5 Å². The molecule has 0 aliphatic carbocycles. The minimum absolute atomic E-state index is 0.0805. The summed E-state index contributed by atoms with van der Waals surface area (Å²) in [6.07, 6.45) is 1.31. The van der Waals surface area contributed by atoms with Crippen molar-refractivity contribution in [2.24, 2.45) is 0 Å². The Labute approximate surface area is 245 Å². The zero-order chi connectivity index (χ0) is 29.4. The quantitative estimate of drug-likeness (QED) is 0.278. The lowest BCUT2D eigenvalue weighted by atomic mass is 10.1. The number of carbonyl (C=O) groups is 2. The first-order valence-electron chi connectivity index (χ1n) is 12.7. The molecule has 0 spiro atoms. The molecule has 0 unspecified atom stereocenters. The second kappa shape index (κ2) is 13.9. The van der Waals surface area contributed by atoms with Gasteiger partial charge in [0.25, 0.3) is 0 Å². The van der Waals surface area contributed by atoms with E-state index in [2.05, 4.69) is 5.32 Å². The summed E-state index contributed by atoms with van der Waals surface area (Å²) in [4.78, 5) is 28.3. The summed E-state index contributed by atoms with van der Waals surface area (Å²) in [6, 6.07) is 19.4. The molecule has 0 aliphatic heterocycles. The molecule has 3 rings (SSSR count). The van der Waals surface area contributed by atoms with Crippen molar-refractivity contribution in [2.45, 2.75) is 45.8 Å². The van der Waals surface area contributed by atoms with Crippen molar-refractivity contribution in [2.75, 3.05) is 17.1 Å². The molecule has 40 heavy (non-hydrogen) atoms. The van der Waals surface area contributed by atoms with Crippen molar-refractivity contribution < 1.29 is 22.7 Å². The van der Waals surface area contributed by atoms with Crippen LogP contribution in [0.5, 0.6) is 11.5 Å². The van der Waals surface area contributed by atoms with Crippen molar-refractivity contribution in [1.82, 2.24) is 10.2 Å². The molecule has 0 radical (unpaired) electrons. The number of carbonyl (C=O) groups excluding carboxylic acids is 2. The van der Waals surface area contributed by atoms with Gasteiger partial charge in [-0.3, -0.25) is 13.9 Å². The lowest BCUT2D eigenvalue weighted by Crippen LogP contribution is -2.53. The third-order valence-electron chi connectivity index (χ3n) is 5.99. The van der Waals surface area contributed by atoms with Crippen molar-refractivity contribution >= 4 is 50.7 Å². The summed E-state index contributed by atoms with van der Waals surface area (Å²) in [6.45, 7) is 4.80. The number of nitrogens with zero attached hydrogens (tertiary/aromatic N) is 2. The number of para-hydroxylation sites is 1. The van der Waals surface area contributed by atoms with Crippen molar-refractivity contribution in [3.63, 3.8) is 0 Å². The highest BCUT2D eigenvalue weighted by atomic mass is 35.5. The molecule has 0 aliphatic rings. The normalized spacial score (nSPS) is 12.1. The van der Waals surface area contributed by atoms with Gasteiger partial charge < -0.3 is 15.0 Å². The van der Waals surface area contributed by atoms with Gasteiger partial charge in [-0.05, 0) is 68.8 Å². The number of hydrogen-bond acceptors (Lipinski definition) is 5. The van der Waals surface area contributed by atoms with E-state index < -0.39 is 28.5 Å². The van der Waals surface area contributed by atoms with Crippen LogP contribution in [0.3, 0.4) is 0 Å². The first-order valence-corrected chi connectivity index (χ1v) is 15.3. The van der Waals surface area contributed by atoms with Crippen molar-refractivity contribution in [3.05, 3.63) is 88.4 Å². The number of rotatable bonds is 12. The molecule has 0 bridgehead atoms. The molecular formula is C29H33Cl2N3O5S. The summed E-state index contributed by atoms with van der Waals surface area (Å²) in [5.41, 5.74) is 0.731. The minimum Gasteiger partial charge on any atom is -0.457 e. The van der Waals surface area contributed by atoms with Gasteiger partial charge in [-0.15, -0.1) is 0 Å². The van der Waals surface area contributed by atoms with E-state index in [1.165, 1.54) is 4.90 Å². The molecule has 11 heteroatoms. The Bertz CT molecular complexity index is 1400. The average molecular weight is 607 g/mol. The van der Waals surface area contributed by atoms with E-state index in [0.29, 0.717) is 27.1 Å². The maximum Gasteiger partial charge on any atom is 0.244 e. The lowest BCUT2D eigenvalue weighted by Gasteiger charge is -2.33. The maximum atomic E-state index is 13.8. The summed E-state index contributed by atoms with van der Waals surface area (Å²) in [5, 5.41) is 3.50. The molecular weight excluding hydrogens is 573 g/mol. The van der Waals surface area contributed by atoms with Crippen molar-refractivity contribution in [3.8, 4) is 11.5 Å². The van der Waals surface area contributed by atoms with Crippen molar-refractivity contribution in [1.29, 1.82) is 0 Å². The number of hydrogen-bond donors (Lipinski definition) is 1. The van der Waals surface area contributed by atoms with Gasteiger partial charge in [0.05, 0.1) is 11.9 Å². The van der Waals surface area contributed by atoms with Crippen LogP contribution < -0.4 is 14.4 Å². The van der Waals surface area contributed by atoms with Crippen LogP contribution in [0, 0.1) is 0 Å². The maximum absolute atomic E-state index is 13.8. The van der Waals surface area contributed by atoms with Crippen LogP contribution in [-0.2, 0) is 26.2 Å². The Balaban J connectivity index is 1.93. The van der Waals surface area contributed by atoms with Crippen LogP contribution in [0.25, 0.3) is 0 Å². The molecule has 2 amide bonds. The zero-order valence-corrected chi connectivity index (χ0v) is 25.1. The fourth-order valence-corrected chi connectivity index (χ4v) is 5.44. The molecule has 0 fully saturated rings. The summed E-state index contributed by atoms with van der Waals surface area (Å²) in [7, 11) is -3.89. The van der Waals surface area contributed by atoms with E-state index in [-0.39, 0.29) is 30.6 Å². The minimum atomic E-state index is -3.89. The zero-order valence-electron chi connectivity index (χ0n) is 22.8. The highest BCUT2D eigenvalue weighted by molar-refractivity contribution is 7.92. The topological polar surface area (TPSA) is 96.0 Å². The van der Waals surface area contributed by atoms with Gasteiger partial charge in [-0.25, -0.2) is 8.42 Å². The van der Waals surface area contributed by atoms with Gasteiger partial charge in [0.1, 0.15) is 24.1 Å². The number of sulfonamides is 1. The highest BCUT2D eigenvalue weighted by Gasteiger charge is 2.32. The fourth-order valence-electron chi connectivity index (χ4n) is 4.07. The van der Waals surface area contributed by atoms with Gasteiger partial charge >= 0.3 is 0 Å². The largest absolute Gasteiger partial charge is 0.457 e. The smallest absolute Gasteiger partial charge is 0.244 e.